The van der Waals surface area contributed by atoms with Gasteiger partial charge in [0.1, 0.15) is 11.6 Å². The van der Waals surface area contributed by atoms with Crippen LogP contribution in [-0.2, 0) is 9.48 Å². The molecule has 0 spiro atoms. The lowest BCUT2D eigenvalue weighted by Crippen LogP contribution is -2.44. The summed E-state index contributed by atoms with van der Waals surface area (Å²) in [6.07, 6.45) is 3.06. The van der Waals surface area contributed by atoms with E-state index in [1.165, 1.54) is 6.26 Å². The minimum absolute atomic E-state index is 0.156. The van der Waals surface area contributed by atoms with Crippen molar-refractivity contribution in [2.24, 2.45) is 0 Å². The molecule has 1 aliphatic rings. The molecule has 0 saturated carbocycles. The standard InChI is InChI=1S/C18H27N5O3S/c1-12-11-26-8-7-23(12)16-9-14(18(2,3)27(4,24)25)21-17(22-16)13-5-6-15(19)20-10-13/h5-6,9-10,12,24-25H,7-8,11H2,1-4H3,(H2,19,20)/t12-/m0/s1. The Morgan fingerprint density at radius 3 is 2.63 bits per heavy atom. The highest BCUT2D eigenvalue weighted by molar-refractivity contribution is 8.24. The fourth-order valence-electron chi connectivity index (χ4n) is 2.82. The third kappa shape index (κ3) is 4.01. The lowest BCUT2D eigenvalue weighted by Gasteiger charge is -2.43. The molecule has 9 heteroatoms. The van der Waals surface area contributed by atoms with E-state index in [1.54, 1.807) is 26.1 Å². The minimum atomic E-state index is -2.89. The van der Waals surface area contributed by atoms with Crippen LogP contribution in [0.5, 0.6) is 0 Å². The van der Waals surface area contributed by atoms with Gasteiger partial charge in [0.15, 0.2) is 5.82 Å². The molecule has 0 radical (unpaired) electrons. The summed E-state index contributed by atoms with van der Waals surface area (Å²) in [6.45, 7) is 7.58. The Balaban J connectivity index is 2.14. The first-order valence-corrected chi connectivity index (χ1v) is 10.7. The number of morpholine rings is 1. The third-order valence-electron chi connectivity index (χ3n) is 5.00. The first-order chi connectivity index (χ1) is 12.6. The monoisotopic (exact) mass is 393 g/mol. The molecule has 0 bridgehead atoms. The first kappa shape index (κ1) is 19.8. The van der Waals surface area contributed by atoms with Gasteiger partial charge in [0.25, 0.3) is 0 Å². The van der Waals surface area contributed by atoms with Crippen molar-refractivity contribution in [3.63, 3.8) is 0 Å². The van der Waals surface area contributed by atoms with Gasteiger partial charge in [0, 0.05) is 30.6 Å². The smallest absolute Gasteiger partial charge is 0.163 e. The van der Waals surface area contributed by atoms with E-state index in [9.17, 15) is 9.11 Å². The van der Waals surface area contributed by atoms with E-state index >= 15 is 0 Å². The summed E-state index contributed by atoms with van der Waals surface area (Å²) in [5, 5.41) is 0. The van der Waals surface area contributed by atoms with E-state index in [1.807, 2.05) is 12.1 Å². The van der Waals surface area contributed by atoms with Crippen LogP contribution in [-0.4, -0.2) is 56.1 Å². The molecule has 0 amide bonds. The van der Waals surface area contributed by atoms with Gasteiger partial charge in [-0.15, -0.1) is 0 Å². The highest BCUT2D eigenvalue weighted by Gasteiger charge is 2.35. The lowest BCUT2D eigenvalue weighted by atomic mass is 10.1. The normalized spacial score (nSPS) is 19.2. The zero-order valence-electron chi connectivity index (χ0n) is 16.1. The van der Waals surface area contributed by atoms with E-state index in [4.69, 9.17) is 15.5 Å². The van der Waals surface area contributed by atoms with Crippen LogP contribution in [0, 0.1) is 0 Å². The molecule has 0 unspecified atom stereocenters. The maximum absolute atomic E-state index is 10.4. The summed E-state index contributed by atoms with van der Waals surface area (Å²) in [6, 6.07) is 5.50. The summed E-state index contributed by atoms with van der Waals surface area (Å²) < 4.78 is 25.3. The number of aromatic nitrogens is 3. The maximum Gasteiger partial charge on any atom is 0.163 e. The lowest BCUT2D eigenvalue weighted by molar-refractivity contribution is 0.0985. The Labute approximate surface area is 161 Å². The van der Waals surface area contributed by atoms with Crippen LogP contribution in [0.25, 0.3) is 11.4 Å². The molecule has 0 aliphatic carbocycles. The van der Waals surface area contributed by atoms with Crippen molar-refractivity contribution >= 4 is 22.2 Å². The van der Waals surface area contributed by atoms with Gasteiger partial charge in [-0.3, -0.25) is 9.11 Å². The van der Waals surface area contributed by atoms with Crippen LogP contribution in [0.1, 0.15) is 26.5 Å². The second kappa shape index (κ2) is 7.23. The number of ether oxygens (including phenoxy) is 1. The Morgan fingerprint density at radius 2 is 2.04 bits per heavy atom. The molecule has 27 heavy (non-hydrogen) atoms. The van der Waals surface area contributed by atoms with Crippen LogP contribution >= 0.6 is 10.6 Å². The van der Waals surface area contributed by atoms with E-state index < -0.39 is 15.3 Å². The maximum atomic E-state index is 10.4. The Morgan fingerprint density at radius 1 is 1.30 bits per heavy atom. The molecule has 1 saturated heterocycles. The van der Waals surface area contributed by atoms with Crippen LogP contribution < -0.4 is 10.6 Å². The van der Waals surface area contributed by atoms with Gasteiger partial charge in [-0.25, -0.2) is 15.0 Å². The largest absolute Gasteiger partial charge is 0.384 e. The van der Waals surface area contributed by atoms with Crippen LogP contribution in [0.2, 0.25) is 0 Å². The van der Waals surface area contributed by atoms with Crippen LogP contribution in [0.15, 0.2) is 24.4 Å². The summed E-state index contributed by atoms with van der Waals surface area (Å²) >= 11 is 0. The molecular weight excluding hydrogens is 366 g/mol. The molecule has 2 aromatic heterocycles. The van der Waals surface area contributed by atoms with Crippen molar-refractivity contribution in [3.05, 3.63) is 30.1 Å². The number of nitrogens with two attached hydrogens (primary N) is 1. The predicted octanol–water partition coefficient (Wildman–Crippen LogP) is 2.96. The summed E-state index contributed by atoms with van der Waals surface area (Å²) in [5.41, 5.74) is 6.98. The van der Waals surface area contributed by atoms with E-state index in [2.05, 4.69) is 21.8 Å². The van der Waals surface area contributed by atoms with Gasteiger partial charge in [-0.05, 0) is 32.9 Å². The number of nitrogens with zero attached hydrogens (tertiary/aromatic N) is 4. The zero-order valence-corrected chi connectivity index (χ0v) is 16.9. The van der Waals surface area contributed by atoms with E-state index in [-0.39, 0.29) is 6.04 Å². The van der Waals surface area contributed by atoms with Crippen molar-refractivity contribution < 1.29 is 13.8 Å². The summed E-state index contributed by atoms with van der Waals surface area (Å²) in [4.78, 5) is 15.6. The van der Waals surface area contributed by atoms with Gasteiger partial charge in [0.05, 0.1) is 29.7 Å². The van der Waals surface area contributed by atoms with Gasteiger partial charge in [-0.2, -0.15) is 10.6 Å². The quantitative estimate of drug-likeness (QED) is 0.726. The van der Waals surface area contributed by atoms with Gasteiger partial charge in [0.2, 0.25) is 0 Å². The SMILES string of the molecule is C[C@H]1COCCN1c1cc(C(C)(C)S(C)(O)O)nc(-c2ccc(N)nc2)n1. The highest BCUT2D eigenvalue weighted by atomic mass is 32.3. The predicted molar refractivity (Wildman–Crippen MR) is 109 cm³/mol. The average molecular weight is 394 g/mol. The molecule has 148 valence electrons. The molecule has 1 aliphatic heterocycles. The molecule has 2 aromatic rings. The zero-order chi connectivity index (χ0) is 19.8. The van der Waals surface area contributed by atoms with E-state index in [0.29, 0.717) is 37.1 Å². The van der Waals surface area contributed by atoms with Gasteiger partial charge < -0.3 is 15.4 Å². The molecule has 0 aromatic carbocycles. The van der Waals surface area contributed by atoms with Gasteiger partial charge in [-0.1, -0.05) is 0 Å². The van der Waals surface area contributed by atoms with Crippen molar-refractivity contribution in [3.8, 4) is 11.4 Å². The topological polar surface area (TPSA) is 118 Å². The number of rotatable bonds is 4. The first-order valence-electron chi connectivity index (χ1n) is 8.78. The third-order valence-corrected chi connectivity index (χ3v) is 7.15. The van der Waals surface area contributed by atoms with Gasteiger partial charge >= 0.3 is 0 Å². The Bertz CT molecular complexity index is 808. The van der Waals surface area contributed by atoms with E-state index in [0.717, 1.165) is 11.4 Å². The molecule has 4 N–H and O–H groups in total. The number of hydrogen-bond acceptors (Lipinski definition) is 8. The number of nitrogen functional groups attached to an aromatic ring is 1. The fourth-order valence-corrected chi connectivity index (χ4v) is 3.32. The van der Waals surface area contributed by atoms with Crippen molar-refractivity contribution in [1.29, 1.82) is 0 Å². The second-order valence-electron chi connectivity index (χ2n) is 7.37. The molecule has 8 nitrogen and oxygen atoms in total. The number of anilines is 2. The Kier molecular flexibility index (Phi) is 5.31. The van der Waals surface area contributed by atoms with Crippen LogP contribution in [0.4, 0.5) is 11.6 Å². The molecule has 3 heterocycles. The number of hydrogen-bond donors (Lipinski definition) is 3. The highest BCUT2D eigenvalue weighted by Crippen LogP contribution is 2.54. The summed E-state index contributed by atoms with van der Waals surface area (Å²) in [7, 11) is -2.89. The minimum Gasteiger partial charge on any atom is -0.384 e. The Hall–Kier alpha value is -1.94. The fraction of sp³-hybridized carbons (Fsp3) is 0.500. The molecular formula is C18H27N5O3S. The number of pyridine rings is 1. The summed E-state index contributed by atoms with van der Waals surface area (Å²) in [5.74, 6) is 1.63. The van der Waals surface area contributed by atoms with Crippen molar-refractivity contribution in [1.82, 2.24) is 15.0 Å². The average Bonchev–Trinajstić information content (AvgIpc) is 2.61. The molecule has 1 fully saturated rings. The molecule has 1 atom stereocenters. The van der Waals surface area contributed by atoms with Crippen molar-refractivity contribution in [2.45, 2.75) is 31.6 Å². The van der Waals surface area contributed by atoms with Crippen LogP contribution in [0.3, 0.4) is 0 Å². The van der Waals surface area contributed by atoms with Crippen molar-refractivity contribution in [2.75, 3.05) is 36.6 Å². The molecule has 3 rings (SSSR count). The second-order valence-corrected chi connectivity index (χ2v) is 10.1.